The lowest BCUT2D eigenvalue weighted by Gasteiger charge is -2.20. The molecule has 1 aromatic heterocycles. The fourth-order valence-corrected chi connectivity index (χ4v) is 3.19. The second-order valence-corrected chi connectivity index (χ2v) is 6.17. The van der Waals surface area contributed by atoms with Crippen LogP contribution in [0.2, 0.25) is 0 Å². The molecule has 5 nitrogen and oxygen atoms in total. The van der Waals surface area contributed by atoms with Crippen molar-refractivity contribution >= 4 is 11.8 Å². The molecule has 0 bridgehead atoms. The Morgan fingerprint density at radius 2 is 1.87 bits per heavy atom. The number of imidazole rings is 1. The van der Waals surface area contributed by atoms with Gasteiger partial charge in [-0.15, -0.1) is 11.8 Å². The van der Waals surface area contributed by atoms with E-state index in [4.69, 9.17) is 9.47 Å². The van der Waals surface area contributed by atoms with E-state index in [1.165, 1.54) is 10.5 Å². The van der Waals surface area contributed by atoms with Gasteiger partial charge in [0, 0.05) is 30.4 Å². The van der Waals surface area contributed by atoms with Gasteiger partial charge in [-0.2, -0.15) is 0 Å². The summed E-state index contributed by atoms with van der Waals surface area (Å²) in [5.41, 5.74) is 1.23. The Morgan fingerprint density at radius 1 is 1.17 bits per heavy atom. The topological polar surface area (TPSA) is 39.5 Å². The van der Waals surface area contributed by atoms with E-state index in [1.54, 1.807) is 26.0 Å². The molecule has 0 spiro atoms. The molecule has 126 valence electrons. The first-order chi connectivity index (χ1) is 11.1. The smallest absolute Gasteiger partial charge is 0.161 e. The van der Waals surface area contributed by atoms with Gasteiger partial charge < -0.3 is 14.0 Å². The van der Waals surface area contributed by atoms with Crippen LogP contribution in [0.25, 0.3) is 0 Å². The largest absolute Gasteiger partial charge is 0.493 e. The predicted octanol–water partition coefficient (Wildman–Crippen LogP) is 3.27. The van der Waals surface area contributed by atoms with Crippen molar-refractivity contribution in [2.75, 3.05) is 27.5 Å². The maximum atomic E-state index is 5.43. The molecule has 1 aromatic carbocycles. The van der Waals surface area contributed by atoms with Crippen LogP contribution in [0.1, 0.15) is 18.3 Å². The van der Waals surface area contributed by atoms with E-state index in [0.717, 1.165) is 37.0 Å². The number of hydrogen-bond donors (Lipinski definition) is 0. The van der Waals surface area contributed by atoms with E-state index in [9.17, 15) is 0 Å². The number of rotatable bonds is 8. The fourth-order valence-electron chi connectivity index (χ4n) is 2.58. The molecule has 23 heavy (non-hydrogen) atoms. The van der Waals surface area contributed by atoms with Crippen molar-refractivity contribution in [2.24, 2.45) is 0 Å². The van der Waals surface area contributed by atoms with Crippen LogP contribution in [0.4, 0.5) is 0 Å². The summed E-state index contributed by atoms with van der Waals surface area (Å²) in [6, 6.07) is 4.10. The van der Waals surface area contributed by atoms with Crippen LogP contribution < -0.4 is 9.47 Å². The van der Waals surface area contributed by atoms with Gasteiger partial charge in [-0.1, -0.05) is 0 Å². The summed E-state index contributed by atoms with van der Waals surface area (Å²) in [6.45, 7) is 4.71. The van der Waals surface area contributed by atoms with Crippen LogP contribution >= 0.6 is 11.8 Å². The number of nitrogens with zero attached hydrogens (tertiary/aromatic N) is 3. The van der Waals surface area contributed by atoms with Gasteiger partial charge in [-0.05, 0) is 37.9 Å². The third-order valence-electron chi connectivity index (χ3n) is 3.78. The molecule has 1 heterocycles. The first-order valence-electron chi connectivity index (χ1n) is 7.60. The number of methoxy groups -OCH3 is 2. The van der Waals surface area contributed by atoms with Gasteiger partial charge >= 0.3 is 0 Å². The van der Waals surface area contributed by atoms with Gasteiger partial charge in [-0.3, -0.25) is 4.90 Å². The molecule has 0 aliphatic heterocycles. The Labute approximate surface area is 142 Å². The summed E-state index contributed by atoms with van der Waals surface area (Å²) in [7, 11) is 5.44. The highest BCUT2D eigenvalue weighted by atomic mass is 32.2. The van der Waals surface area contributed by atoms with E-state index in [2.05, 4.69) is 40.7 Å². The predicted molar refractivity (Wildman–Crippen MR) is 94.4 cm³/mol. The molecular weight excluding hydrogens is 310 g/mol. The van der Waals surface area contributed by atoms with Crippen molar-refractivity contribution in [1.82, 2.24) is 14.5 Å². The van der Waals surface area contributed by atoms with Crippen molar-refractivity contribution in [3.63, 3.8) is 0 Å². The summed E-state index contributed by atoms with van der Waals surface area (Å²) >= 11 is 1.72. The van der Waals surface area contributed by atoms with Gasteiger partial charge in [0.15, 0.2) is 11.5 Å². The van der Waals surface area contributed by atoms with E-state index >= 15 is 0 Å². The zero-order valence-corrected chi connectivity index (χ0v) is 15.3. The fraction of sp³-hybridized carbons (Fsp3) is 0.471. The molecule has 0 aliphatic carbocycles. The van der Waals surface area contributed by atoms with Crippen molar-refractivity contribution in [3.8, 4) is 11.5 Å². The van der Waals surface area contributed by atoms with E-state index < -0.39 is 0 Å². The zero-order valence-electron chi connectivity index (χ0n) is 14.5. The molecule has 2 rings (SSSR count). The minimum Gasteiger partial charge on any atom is -0.493 e. The standard InChI is InChI=1S/C17H25N3O2S/c1-6-20-8-7-18-17(20)12-19(2)11-13-9-14(21-3)15(22-4)10-16(13)23-5/h7-10H,6,11-12H2,1-5H3. The normalized spacial score (nSPS) is 11.0. The van der Waals surface area contributed by atoms with E-state index in [1.807, 2.05) is 18.5 Å². The Morgan fingerprint density at radius 3 is 2.48 bits per heavy atom. The monoisotopic (exact) mass is 335 g/mol. The third kappa shape index (κ3) is 4.20. The highest BCUT2D eigenvalue weighted by Gasteiger charge is 2.13. The highest BCUT2D eigenvalue weighted by molar-refractivity contribution is 7.98. The van der Waals surface area contributed by atoms with Crippen molar-refractivity contribution < 1.29 is 9.47 Å². The van der Waals surface area contributed by atoms with Gasteiger partial charge in [0.2, 0.25) is 0 Å². The number of aryl methyl sites for hydroxylation is 1. The van der Waals surface area contributed by atoms with Crippen LogP contribution in [-0.2, 0) is 19.6 Å². The first kappa shape index (κ1) is 17.7. The Bertz CT molecular complexity index is 643. The summed E-state index contributed by atoms with van der Waals surface area (Å²) in [6.07, 6.45) is 5.96. The van der Waals surface area contributed by atoms with Crippen LogP contribution in [0.3, 0.4) is 0 Å². The molecule has 0 saturated carbocycles. The second-order valence-electron chi connectivity index (χ2n) is 5.32. The highest BCUT2D eigenvalue weighted by Crippen LogP contribution is 2.35. The average molecular weight is 335 g/mol. The SMILES string of the molecule is CCn1ccnc1CN(C)Cc1cc(OC)c(OC)cc1SC. The maximum Gasteiger partial charge on any atom is 0.161 e. The van der Waals surface area contributed by atoms with Gasteiger partial charge in [0.25, 0.3) is 0 Å². The van der Waals surface area contributed by atoms with Crippen molar-refractivity contribution in [1.29, 1.82) is 0 Å². The third-order valence-corrected chi connectivity index (χ3v) is 4.60. The molecule has 0 unspecified atom stereocenters. The Balaban J connectivity index is 2.18. The number of benzene rings is 1. The zero-order chi connectivity index (χ0) is 16.8. The molecule has 0 atom stereocenters. The molecule has 0 N–H and O–H groups in total. The first-order valence-corrected chi connectivity index (χ1v) is 8.82. The Hall–Kier alpha value is -1.66. The minimum absolute atomic E-state index is 0.767. The summed E-state index contributed by atoms with van der Waals surface area (Å²) in [5, 5.41) is 0. The molecule has 2 aromatic rings. The van der Waals surface area contributed by atoms with Crippen molar-refractivity contribution in [2.45, 2.75) is 31.5 Å². The van der Waals surface area contributed by atoms with Crippen LogP contribution in [0.15, 0.2) is 29.4 Å². The van der Waals surface area contributed by atoms with Gasteiger partial charge in [0.1, 0.15) is 5.82 Å². The summed E-state index contributed by atoms with van der Waals surface area (Å²) in [4.78, 5) is 7.91. The van der Waals surface area contributed by atoms with Crippen LogP contribution in [0, 0.1) is 0 Å². The van der Waals surface area contributed by atoms with Gasteiger partial charge in [-0.25, -0.2) is 4.98 Å². The van der Waals surface area contributed by atoms with Crippen molar-refractivity contribution in [3.05, 3.63) is 35.9 Å². The van der Waals surface area contributed by atoms with Crippen LogP contribution in [-0.4, -0.2) is 42.0 Å². The lowest BCUT2D eigenvalue weighted by atomic mass is 10.2. The molecule has 0 amide bonds. The Kier molecular flexibility index (Phi) is 6.36. The minimum atomic E-state index is 0.767. The summed E-state index contributed by atoms with van der Waals surface area (Å²) in [5.74, 6) is 2.62. The number of ether oxygens (including phenoxy) is 2. The molecule has 0 saturated heterocycles. The van der Waals surface area contributed by atoms with E-state index in [0.29, 0.717) is 0 Å². The molecule has 0 radical (unpaired) electrons. The number of aromatic nitrogens is 2. The molecule has 6 heteroatoms. The molecular formula is C17H25N3O2S. The van der Waals surface area contributed by atoms with Gasteiger partial charge in [0.05, 0.1) is 20.8 Å². The van der Waals surface area contributed by atoms with Crippen LogP contribution in [0.5, 0.6) is 11.5 Å². The molecule has 0 aliphatic rings. The number of thioether (sulfide) groups is 1. The quantitative estimate of drug-likeness (QED) is 0.692. The second kappa shape index (κ2) is 8.26. The van der Waals surface area contributed by atoms with E-state index in [-0.39, 0.29) is 0 Å². The lowest BCUT2D eigenvalue weighted by molar-refractivity contribution is 0.301. The molecule has 0 fully saturated rings. The average Bonchev–Trinajstić information content (AvgIpc) is 3.01. The maximum absolute atomic E-state index is 5.43. The lowest BCUT2D eigenvalue weighted by Crippen LogP contribution is -2.20. The summed E-state index contributed by atoms with van der Waals surface area (Å²) < 4.78 is 13.0. The number of hydrogen-bond acceptors (Lipinski definition) is 5.